The highest BCUT2D eigenvalue weighted by atomic mass is 79.9. The maximum Gasteiger partial charge on any atom is 0.407 e. The van der Waals surface area contributed by atoms with Crippen LogP contribution in [0, 0.1) is 5.92 Å². The van der Waals surface area contributed by atoms with Gasteiger partial charge in [0.15, 0.2) is 0 Å². The van der Waals surface area contributed by atoms with E-state index in [1.165, 1.54) is 12.0 Å². The summed E-state index contributed by atoms with van der Waals surface area (Å²) in [4.78, 5) is 34.1. The summed E-state index contributed by atoms with van der Waals surface area (Å²) < 4.78 is 36.0. The van der Waals surface area contributed by atoms with Crippen molar-refractivity contribution in [2.45, 2.75) is 45.1 Å². The van der Waals surface area contributed by atoms with Crippen LogP contribution < -0.4 is 5.32 Å². The van der Waals surface area contributed by atoms with E-state index in [9.17, 15) is 18.4 Å². The standard InChI is InChI=1S/C21H25BrF2N4O4/c1-11(2)17(27-21(30)31-3)19(29)28-10-14(32-20(23)24)8-16(28)18-25-9-15(26-18)12-4-6-13(22)7-5-12/h4-7,9,11,14,16-17,20H,8,10H2,1-3H3,(H,25,26)(H,27,30)/t14-,16-,17-/m0/s1. The molecule has 1 aromatic heterocycles. The Kier molecular flexibility index (Phi) is 7.83. The van der Waals surface area contributed by atoms with Crippen molar-refractivity contribution >= 4 is 27.9 Å². The van der Waals surface area contributed by atoms with Crippen molar-refractivity contribution in [2.75, 3.05) is 13.7 Å². The van der Waals surface area contributed by atoms with Crippen LogP contribution in [0.25, 0.3) is 11.3 Å². The molecule has 0 unspecified atom stereocenters. The Morgan fingerprint density at radius 1 is 1.28 bits per heavy atom. The van der Waals surface area contributed by atoms with E-state index in [1.807, 2.05) is 24.3 Å². The Balaban J connectivity index is 1.88. The lowest BCUT2D eigenvalue weighted by Gasteiger charge is -2.29. The number of hydrogen-bond acceptors (Lipinski definition) is 5. The molecule has 2 amide bonds. The number of ether oxygens (including phenoxy) is 2. The van der Waals surface area contributed by atoms with E-state index in [0.717, 1.165) is 15.7 Å². The molecule has 3 rings (SSSR count). The molecule has 1 saturated heterocycles. The molecule has 0 bridgehead atoms. The summed E-state index contributed by atoms with van der Waals surface area (Å²) >= 11 is 3.39. The minimum atomic E-state index is -2.96. The molecule has 11 heteroatoms. The fourth-order valence-electron chi connectivity index (χ4n) is 3.70. The number of likely N-dealkylation sites (tertiary alicyclic amines) is 1. The monoisotopic (exact) mass is 514 g/mol. The van der Waals surface area contributed by atoms with Crippen LogP contribution in [0.3, 0.4) is 0 Å². The number of methoxy groups -OCH3 is 1. The Labute approximate surface area is 192 Å². The molecular formula is C21H25BrF2N4O4. The topological polar surface area (TPSA) is 96.6 Å². The molecule has 174 valence electrons. The van der Waals surface area contributed by atoms with Crippen molar-refractivity contribution in [3.63, 3.8) is 0 Å². The molecule has 32 heavy (non-hydrogen) atoms. The first-order valence-corrected chi connectivity index (χ1v) is 10.9. The van der Waals surface area contributed by atoms with Gasteiger partial charge in [-0.1, -0.05) is 41.9 Å². The molecule has 1 aromatic carbocycles. The van der Waals surface area contributed by atoms with Gasteiger partial charge in [-0.3, -0.25) is 4.79 Å². The second-order valence-electron chi connectivity index (χ2n) is 7.81. The van der Waals surface area contributed by atoms with Crippen LogP contribution in [0.2, 0.25) is 0 Å². The summed E-state index contributed by atoms with van der Waals surface area (Å²) in [6, 6.07) is 6.07. The highest BCUT2D eigenvalue weighted by molar-refractivity contribution is 9.10. The van der Waals surface area contributed by atoms with Crippen molar-refractivity contribution in [2.24, 2.45) is 5.92 Å². The second-order valence-corrected chi connectivity index (χ2v) is 8.72. The number of carbonyl (C=O) groups is 2. The summed E-state index contributed by atoms with van der Waals surface area (Å²) in [6.45, 7) is 0.540. The minimum absolute atomic E-state index is 0.0474. The molecule has 2 heterocycles. The Hall–Kier alpha value is -2.53. The third-order valence-electron chi connectivity index (χ3n) is 5.30. The highest BCUT2D eigenvalue weighted by Crippen LogP contribution is 2.35. The normalized spacial score (nSPS) is 19.4. The van der Waals surface area contributed by atoms with E-state index in [0.29, 0.717) is 5.82 Å². The zero-order chi connectivity index (χ0) is 23.4. The number of alkyl halides is 2. The zero-order valence-corrected chi connectivity index (χ0v) is 19.4. The number of aromatic amines is 1. The molecular weight excluding hydrogens is 490 g/mol. The van der Waals surface area contributed by atoms with Gasteiger partial charge >= 0.3 is 12.7 Å². The van der Waals surface area contributed by atoms with Crippen molar-refractivity contribution in [3.05, 3.63) is 40.8 Å². The third-order valence-corrected chi connectivity index (χ3v) is 5.83. The number of hydrogen-bond donors (Lipinski definition) is 2. The Bertz CT molecular complexity index is 938. The van der Waals surface area contributed by atoms with Crippen LogP contribution >= 0.6 is 15.9 Å². The lowest BCUT2D eigenvalue weighted by atomic mass is 10.0. The van der Waals surface area contributed by atoms with Crippen LogP contribution in [-0.4, -0.2) is 59.3 Å². The number of nitrogens with one attached hydrogen (secondary N) is 2. The summed E-state index contributed by atoms with van der Waals surface area (Å²) in [5.74, 6) is -0.221. The summed E-state index contributed by atoms with van der Waals surface area (Å²) in [5, 5.41) is 2.53. The maximum absolute atomic E-state index is 13.3. The smallest absolute Gasteiger partial charge is 0.407 e. The number of amides is 2. The number of rotatable bonds is 7. The highest BCUT2D eigenvalue weighted by Gasteiger charge is 2.42. The van der Waals surface area contributed by atoms with Crippen molar-refractivity contribution in [3.8, 4) is 11.3 Å². The molecule has 0 aliphatic carbocycles. The van der Waals surface area contributed by atoms with Gasteiger partial charge in [-0.15, -0.1) is 0 Å². The van der Waals surface area contributed by atoms with Crippen LogP contribution in [-0.2, 0) is 14.3 Å². The average molecular weight is 515 g/mol. The molecule has 1 fully saturated rings. The van der Waals surface area contributed by atoms with E-state index < -0.39 is 36.8 Å². The Morgan fingerprint density at radius 3 is 2.56 bits per heavy atom. The van der Waals surface area contributed by atoms with Crippen LogP contribution in [0.4, 0.5) is 13.6 Å². The molecule has 0 spiro atoms. The number of aromatic nitrogens is 2. The van der Waals surface area contributed by atoms with Gasteiger partial charge in [-0.05, 0) is 23.6 Å². The summed E-state index contributed by atoms with van der Waals surface area (Å²) in [7, 11) is 1.20. The van der Waals surface area contributed by atoms with E-state index >= 15 is 0 Å². The predicted molar refractivity (Wildman–Crippen MR) is 116 cm³/mol. The average Bonchev–Trinajstić information content (AvgIpc) is 3.38. The van der Waals surface area contributed by atoms with E-state index in [-0.39, 0.29) is 18.9 Å². The third kappa shape index (κ3) is 5.63. The second kappa shape index (κ2) is 10.4. The van der Waals surface area contributed by atoms with Gasteiger partial charge in [-0.25, -0.2) is 9.78 Å². The van der Waals surface area contributed by atoms with Gasteiger partial charge in [-0.2, -0.15) is 8.78 Å². The molecule has 1 aliphatic rings. The van der Waals surface area contributed by atoms with Gasteiger partial charge in [0.1, 0.15) is 11.9 Å². The lowest BCUT2D eigenvalue weighted by molar-refractivity contribution is -0.160. The molecule has 8 nitrogen and oxygen atoms in total. The zero-order valence-electron chi connectivity index (χ0n) is 17.8. The number of carbonyl (C=O) groups excluding carboxylic acids is 2. The minimum Gasteiger partial charge on any atom is -0.453 e. The fraction of sp³-hybridized carbons (Fsp3) is 0.476. The summed E-state index contributed by atoms with van der Waals surface area (Å²) in [6.07, 6.45) is 0.168. The van der Waals surface area contributed by atoms with Gasteiger partial charge in [0, 0.05) is 17.4 Å². The fourth-order valence-corrected chi connectivity index (χ4v) is 3.97. The van der Waals surface area contributed by atoms with E-state index in [2.05, 4.69) is 36.0 Å². The quantitative estimate of drug-likeness (QED) is 0.579. The van der Waals surface area contributed by atoms with Crippen LogP contribution in [0.1, 0.15) is 32.1 Å². The summed E-state index contributed by atoms with van der Waals surface area (Å²) in [5.41, 5.74) is 1.61. The molecule has 1 aliphatic heterocycles. The number of alkyl carbamates (subject to hydrolysis) is 1. The first kappa shape index (κ1) is 24.1. The first-order chi connectivity index (χ1) is 15.2. The van der Waals surface area contributed by atoms with Crippen molar-refractivity contribution in [1.82, 2.24) is 20.2 Å². The van der Waals surface area contributed by atoms with E-state index in [4.69, 9.17) is 4.74 Å². The number of benzene rings is 1. The number of nitrogens with zero attached hydrogens (tertiary/aromatic N) is 2. The largest absolute Gasteiger partial charge is 0.453 e. The Morgan fingerprint density at radius 2 is 1.97 bits per heavy atom. The predicted octanol–water partition coefficient (Wildman–Crippen LogP) is 4.10. The molecule has 3 atom stereocenters. The SMILES string of the molecule is COC(=O)N[C@H](C(=O)N1C[C@@H](OC(F)F)C[C@H]1c1ncc(-c2ccc(Br)cc2)[nH]1)C(C)C. The molecule has 0 radical (unpaired) electrons. The lowest BCUT2D eigenvalue weighted by Crippen LogP contribution is -2.51. The van der Waals surface area contributed by atoms with Crippen molar-refractivity contribution in [1.29, 1.82) is 0 Å². The van der Waals surface area contributed by atoms with Crippen molar-refractivity contribution < 1.29 is 27.8 Å². The molecule has 0 saturated carbocycles. The van der Waals surface area contributed by atoms with E-state index in [1.54, 1.807) is 20.0 Å². The van der Waals surface area contributed by atoms with Gasteiger partial charge in [0.25, 0.3) is 0 Å². The molecule has 2 aromatic rings. The van der Waals surface area contributed by atoms with Gasteiger partial charge in [0.05, 0.1) is 31.1 Å². The number of halogens is 3. The van der Waals surface area contributed by atoms with Gasteiger partial charge < -0.3 is 24.7 Å². The number of imidazole rings is 1. The van der Waals surface area contributed by atoms with Crippen LogP contribution in [0.15, 0.2) is 34.9 Å². The molecule has 2 N–H and O–H groups in total. The van der Waals surface area contributed by atoms with Gasteiger partial charge in [0.2, 0.25) is 5.91 Å². The number of H-pyrrole nitrogens is 1. The first-order valence-electron chi connectivity index (χ1n) is 10.1. The maximum atomic E-state index is 13.3. The van der Waals surface area contributed by atoms with Crippen LogP contribution in [0.5, 0.6) is 0 Å².